The van der Waals surface area contributed by atoms with E-state index in [-0.39, 0.29) is 11.8 Å². The van der Waals surface area contributed by atoms with Crippen LogP contribution in [0.5, 0.6) is 0 Å². The SMILES string of the molecule is NC1(C(=O)N[Si](CCN2CCN(C(=O)CN3CCC(CN4CCNCC4)CC3)CC2)c2ccc(Cl)cc2)CCN(c2ncnc3[nH]ccc23)CC1. The van der Waals surface area contributed by atoms with Gasteiger partial charge in [0.25, 0.3) is 0 Å². The number of carbonyl (C=O) groups is 2. The summed E-state index contributed by atoms with van der Waals surface area (Å²) in [5.74, 6) is 1.79. The maximum absolute atomic E-state index is 13.9. The number of fused-ring (bicyclic) bond motifs is 1. The monoisotopic (exact) mass is 734 g/mol. The van der Waals surface area contributed by atoms with Crippen LogP contribution in [0.25, 0.3) is 11.0 Å². The molecule has 51 heavy (non-hydrogen) atoms. The van der Waals surface area contributed by atoms with Crippen LogP contribution in [0.15, 0.2) is 42.9 Å². The van der Waals surface area contributed by atoms with E-state index in [1.54, 1.807) is 6.33 Å². The molecule has 4 aliphatic heterocycles. The lowest BCUT2D eigenvalue weighted by Gasteiger charge is -2.39. The maximum atomic E-state index is 13.9. The van der Waals surface area contributed by atoms with E-state index >= 15 is 0 Å². The number of hydrogen-bond acceptors (Lipinski definition) is 10. The van der Waals surface area contributed by atoms with Crippen molar-refractivity contribution in [2.75, 3.05) is 103 Å². The van der Waals surface area contributed by atoms with Gasteiger partial charge in [0.05, 0.1) is 17.5 Å². The first kappa shape index (κ1) is 36.3. The summed E-state index contributed by atoms with van der Waals surface area (Å²) in [6.07, 6.45) is 6.88. The predicted molar refractivity (Wildman–Crippen MR) is 204 cm³/mol. The number of carbonyl (C=O) groups excluding carboxylic acids is 2. The third-order valence-corrected chi connectivity index (χ3v) is 13.9. The number of rotatable bonds is 11. The molecular formula is C36H53ClN11O2Si. The zero-order valence-electron chi connectivity index (χ0n) is 29.7. The van der Waals surface area contributed by atoms with Gasteiger partial charge in [0, 0.05) is 83.2 Å². The Labute approximate surface area is 307 Å². The number of H-pyrrole nitrogens is 1. The van der Waals surface area contributed by atoms with Gasteiger partial charge in [0.1, 0.15) is 17.8 Å². The zero-order valence-corrected chi connectivity index (χ0v) is 31.4. The largest absolute Gasteiger partial charge is 0.376 e. The molecule has 0 spiro atoms. The molecule has 1 aromatic carbocycles. The number of piperidine rings is 2. The van der Waals surface area contributed by atoms with Crippen LogP contribution in [-0.2, 0) is 9.59 Å². The summed E-state index contributed by atoms with van der Waals surface area (Å²) in [6, 6.07) is 10.7. The van der Waals surface area contributed by atoms with Crippen LogP contribution in [0.3, 0.4) is 0 Å². The molecular weight excluding hydrogens is 682 g/mol. The molecule has 4 aliphatic rings. The average Bonchev–Trinajstić information content (AvgIpc) is 3.65. The first-order valence-corrected chi connectivity index (χ1v) is 20.8. The summed E-state index contributed by atoms with van der Waals surface area (Å²) >= 11 is 6.24. The molecule has 15 heteroatoms. The summed E-state index contributed by atoms with van der Waals surface area (Å²) in [4.78, 5) is 54.2. The highest BCUT2D eigenvalue weighted by Crippen LogP contribution is 2.28. The smallest absolute Gasteiger partial charge is 0.236 e. The fraction of sp³-hybridized carbons (Fsp3) is 0.611. The second kappa shape index (κ2) is 16.7. The minimum atomic E-state index is -1.48. The van der Waals surface area contributed by atoms with Gasteiger partial charge in [-0.1, -0.05) is 23.7 Å². The highest BCUT2D eigenvalue weighted by atomic mass is 35.5. The molecule has 275 valence electrons. The molecule has 3 aromatic rings. The maximum Gasteiger partial charge on any atom is 0.236 e. The van der Waals surface area contributed by atoms with E-state index in [0.717, 1.165) is 106 Å². The van der Waals surface area contributed by atoms with Gasteiger partial charge >= 0.3 is 0 Å². The highest BCUT2D eigenvalue weighted by molar-refractivity contribution is 6.73. The Morgan fingerprint density at radius 2 is 1.63 bits per heavy atom. The molecule has 1 radical (unpaired) electrons. The Morgan fingerprint density at radius 3 is 2.35 bits per heavy atom. The van der Waals surface area contributed by atoms with Gasteiger partial charge in [-0.3, -0.25) is 14.5 Å². The Kier molecular flexibility index (Phi) is 11.9. The van der Waals surface area contributed by atoms with Crippen LogP contribution < -0.4 is 26.1 Å². The number of benzene rings is 1. The summed E-state index contributed by atoms with van der Waals surface area (Å²) in [7, 11) is -1.48. The van der Waals surface area contributed by atoms with Crippen molar-refractivity contribution < 1.29 is 9.59 Å². The molecule has 0 saturated carbocycles. The zero-order chi connectivity index (χ0) is 35.2. The Morgan fingerprint density at radius 1 is 0.902 bits per heavy atom. The van der Waals surface area contributed by atoms with E-state index in [0.29, 0.717) is 37.5 Å². The van der Waals surface area contributed by atoms with Gasteiger partial charge in [-0.2, -0.15) is 0 Å². The fourth-order valence-electron chi connectivity index (χ4n) is 8.01. The fourth-order valence-corrected chi connectivity index (χ4v) is 10.3. The third-order valence-electron chi connectivity index (χ3n) is 11.4. The number of aromatic amines is 1. The second-order valence-electron chi connectivity index (χ2n) is 14.8. The molecule has 0 aliphatic carbocycles. The lowest BCUT2D eigenvalue weighted by molar-refractivity contribution is -0.134. The van der Waals surface area contributed by atoms with E-state index in [9.17, 15) is 9.59 Å². The molecule has 5 N–H and O–H groups in total. The number of nitrogens with one attached hydrogen (secondary N) is 3. The van der Waals surface area contributed by atoms with Gasteiger partial charge in [-0.25, -0.2) is 9.97 Å². The van der Waals surface area contributed by atoms with E-state index in [1.807, 2.05) is 41.4 Å². The molecule has 6 heterocycles. The first-order valence-electron chi connectivity index (χ1n) is 18.7. The van der Waals surface area contributed by atoms with Crippen LogP contribution in [0.1, 0.15) is 25.7 Å². The summed E-state index contributed by atoms with van der Waals surface area (Å²) in [5.41, 5.74) is 6.70. The van der Waals surface area contributed by atoms with Crippen LogP contribution in [0, 0.1) is 5.92 Å². The van der Waals surface area contributed by atoms with Crippen molar-refractivity contribution in [2.45, 2.75) is 37.3 Å². The van der Waals surface area contributed by atoms with Gasteiger partial charge in [0.2, 0.25) is 20.8 Å². The standard InChI is InChI=1S/C36H53ClN11O2Si/c37-29-1-3-30(4-2-29)51(43-35(50)36(38)8-15-48(16-9-36)34-31-5-10-40-33(31)41-27-42-34)24-23-44-19-21-47(22-20-44)32(49)26-45-13-6-28(7-14-45)25-46-17-11-39-12-18-46/h1-5,10,27-28,39H,6-9,11-26,38H2,(H,43,50)(H,40,41,42). The summed E-state index contributed by atoms with van der Waals surface area (Å²) in [5, 5.41) is 6.20. The number of nitrogens with zero attached hydrogens (tertiary/aromatic N) is 7. The first-order chi connectivity index (χ1) is 24.8. The van der Waals surface area contributed by atoms with E-state index in [4.69, 9.17) is 17.3 Å². The Bertz CT molecular complexity index is 1600. The molecule has 4 saturated heterocycles. The van der Waals surface area contributed by atoms with Crippen molar-refractivity contribution in [3.8, 4) is 0 Å². The van der Waals surface area contributed by atoms with Gasteiger partial charge in [-0.05, 0) is 80.7 Å². The lowest BCUT2D eigenvalue weighted by atomic mass is 9.88. The normalized spacial score (nSPS) is 21.4. The Hall–Kier alpha value is -3.11. The molecule has 4 fully saturated rings. The molecule has 0 atom stereocenters. The number of halogens is 1. The van der Waals surface area contributed by atoms with Crippen molar-refractivity contribution in [2.24, 2.45) is 11.7 Å². The second-order valence-corrected chi connectivity index (χ2v) is 17.5. The van der Waals surface area contributed by atoms with E-state index < -0.39 is 14.5 Å². The third kappa shape index (κ3) is 9.10. The minimum Gasteiger partial charge on any atom is -0.376 e. The van der Waals surface area contributed by atoms with Gasteiger partial charge in [0.15, 0.2) is 0 Å². The molecule has 0 unspecified atom stereocenters. The number of hydrogen-bond donors (Lipinski definition) is 4. The van der Waals surface area contributed by atoms with Gasteiger partial charge < -0.3 is 40.6 Å². The van der Waals surface area contributed by atoms with Crippen LogP contribution >= 0.6 is 11.6 Å². The van der Waals surface area contributed by atoms with Crippen molar-refractivity contribution in [3.05, 3.63) is 47.9 Å². The molecule has 0 bridgehead atoms. The highest BCUT2D eigenvalue weighted by Gasteiger charge is 2.40. The number of anilines is 1. The van der Waals surface area contributed by atoms with Gasteiger partial charge in [-0.15, -0.1) is 0 Å². The topological polar surface area (TPSA) is 142 Å². The average molecular weight is 735 g/mol. The lowest BCUT2D eigenvalue weighted by Crippen LogP contribution is -2.63. The van der Waals surface area contributed by atoms with E-state index in [1.165, 1.54) is 19.4 Å². The molecule has 7 rings (SSSR count). The number of amides is 2. The van der Waals surface area contributed by atoms with E-state index in [2.05, 4.69) is 44.9 Å². The van der Waals surface area contributed by atoms with Crippen LogP contribution in [0.2, 0.25) is 11.1 Å². The molecule has 2 aromatic heterocycles. The van der Waals surface area contributed by atoms with Crippen molar-refractivity contribution >= 4 is 54.4 Å². The molecule has 2 amide bonds. The number of nitrogens with two attached hydrogens (primary N) is 1. The number of piperazine rings is 2. The predicted octanol–water partition coefficient (Wildman–Crippen LogP) is 0.685. The minimum absolute atomic E-state index is 0.0799. The van der Waals surface area contributed by atoms with Crippen LogP contribution in [0.4, 0.5) is 5.82 Å². The molecule has 13 nitrogen and oxygen atoms in total. The summed E-state index contributed by atoms with van der Waals surface area (Å²) < 4.78 is 0. The number of aromatic nitrogens is 3. The Balaban J connectivity index is 0.873. The van der Waals surface area contributed by atoms with Crippen molar-refractivity contribution in [1.29, 1.82) is 0 Å². The van der Waals surface area contributed by atoms with Crippen molar-refractivity contribution in [3.63, 3.8) is 0 Å². The van der Waals surface area contributed by atoms with Crippen LogP contribution in [-0.4, -0.2) is 159 Å². The quantitative estimate of drug-likeness (QED) is 0.208. The summed E-state index contributed by atoms with van der Waals surface area (Å²) in [6.45, 7) is 13.6. The van der Waals surface area contributed by atoms with Crippen molar-refractivity contribution in [1.82, 2.24) is 44.9 Å². The number of likely N-dealkylation sites (tertiary alicyclic amines) is 1.